The maximum absolute atomic E-state index is 6.93. The van der Waals surface area contributed by atoms with Crippen molar-refractivity contribution in [3.05, 3.63) is 182 Å². The van der Waals surface area contributed by atoms with Gasteiger partial charge in [0.1, 0.15) is 11.2 Å². The predicted molar refractivity (Wildman–Crippen MR) is 213 cm³/mol. The summed E-state index contributed by atoms with van der Waals surface area (Å²) in [6.07, 6.45) is 0. The van der Waals surface area contributed by atoms with Crippen LogP contribution in [0.3, 0.4) is 0 Å². The lowest BCUT2D eigenvalue weighted by molar-refractivity contribution is 0.673. The van der Waals surface area contributed by atoms with Crippen molar-refractivity contribution in [2.75, 3.05) is 0 Å². The van der Waals surface area contributed by atoms with E-state index in [1.807, 2.05) is 0 Å². The summed E-state index contributed by atoms with van der Waals surface area (Å²) in [5, 5.41) is 7.03. The van der Waals surface area contributed by atoms with Crippen molar-refractivity contribution in [3.63, 3.8) is 0 Å². The van der Waals surface area contributed by atoms with Crippen LogP contribution in [-0.2, 0) is 0 Å². The molecule has 0 unspecified atom stereocenters. The van der Waals surface area contributed by atoms with Crippen LogP contribution in [0.15, 0.2) is 186 Å². The number of aromatic nitrogens is 2. The summed E-state index contributed by atoms with van der Waals surface area (Å²) < 4.78 is 11.7. The third-order valence-electron chi connectivity index (χ3n) is 10.5. The summed E-state index contributed by atoms with van der Waals surface area (Å²) >= 11 is 0. The summed E-state index contributed by atoms with van der Waals surface area (Å²) in [6, 6.07) is 65.2. The first kappa shape index (κ1) is 28.0. The maximum atomic E-state index is 6.93. The summed E-state index contributed by atoms with van der Waals surface area (Å²) in [4.78, 5) is 0. The Bertz CT molecular complexity index is 3110. The number of fused-ring (bicyclic) bond motifs is 11. The fraction of sp³-hybridized carbons (Fsp3) is 0. The van der Waals surface area contributed by atoms with Gasteiger partial charge in [-0.25, -0.2) is 0 Å². The lowest BCUT2D eigenvalue weighted by atomic mass is 10.0. The molecule has 8 aromatic carbocycles. The number of hydrogen-bond acceptors (Lipinski definition) is 1. The fourth-order valence-corrected chi connectivity index (χ4v) is 8.28. The van der Waals surface area contributed by atoms with Crippen LogP contribution in [0.2, 0.25) is 0 Å². The molecule has 3 heteroatoms. The highest BCUT2D eigenvalue weighted by molar-refractivity contribution is 6.31. The Morgan fingerprint density at radius 1 is 0.314 bits per heavy atom. The van der Waals surface area contributed by atoms with E-state index in [-0.39, 0.29) is 0 Å². The van der Waals surface area contributed by atoms with Crippen LogP contribution in [0.5, 0.6) is 0 Å². The van der Waals surface area contributed by atoms with Crippen LogP contribution in [0, 0.1) is 0 Å². The number of furan rings is 1. The van der Waals surface area contributed by atoms with Gasteiger partial charge in [-0.1, -0.05) is 121 Å². The Kier molecular flexibility index (Phi) is 5.96. The number of benzene rings is 8. The van der Waals surface area contributed by atoms with E-state index in [1.165, 1.54) is 49.4 Å². The number of rotatable bonds is 4. The Labute approximate surface area is 293 Å². The largest absolute Gasteiger partial charge is 0.455 e. The van der Waals surface area contributed by atoms with E-state index in [0.717, 1.165) is 49.7 Å². The van der Waals surface area contributed by atoms with E-state index in [9.17, 15) is 0 Å². The zero-order valence-corrected chi connectivity index (χ0v) is 27.6. The van der Waals surface area contributed by atoms with Crippen molar-refractivity contribution >= 4 is 65.6 Å². The smallest absolute Gasteiger partial charge is 0.145 e. The molecule has 51 heavy (non-hydrogen) atoms. The average Bonchev–Trinajstić information content (AvgIpc) is 3.86. The highest BCUT2D eigenvalue weighted by Crippen LogP contribution is 2.45. The molecule has 11 aromatic rings. The highest BCUT2D eigenvalue weighted by Gasteiger charge is 2.22. The first-order valence-electron chi connectivity index (χ1n) is 17.4. The van der Waals surface area contributed by atoms with Crippen molar-refractivity contribution in [1.29, 1.82) is 0 Å². The summed E-state index contributed by atoms with van der Waals surface area (Å²) in [7, 11) is 0. The first-order chi connectivity index (χ1) is 25.3. The van der Waals surface area contributed by atoms with Crippen molar-refractivity contribution in [1.82, 2.24) is 9.13 Å². The molecule has 0 saturated heterocycles. The maximum Gasteiger partial charge on any atom is 0.145 e. The number of nitrogens with zero attached hydrogens (tertiary/aromatic N) is 2. The molecule has 0 bridgehead atoms. The Morgan fingerprint density at radius 2 is 0.863 bits per heavy atom. The van der Waals surface area contributed by atoms with E-state index < -0.39 is 0 Å². The predicted octanol–water partition coefficient (Wildman–Crippen LogP) is 13.1. The SMILES string of the molecule is c1ccc(-c2ccc(-n3c4ccccc4c4c5c(ccc43)oc3c5ccc4c3c3ccccc3n4-c3cccc(-c4ccccc4)c3)cc2)cc1. The van der Waals surface area contributed by atoms with Gasteiger partial charge in [-0.2, -0.15) is 0 Å². The number of para-hydroxylation sites is 2. The second-order valence-corrected chi connectivity index (χ2v) is 13.3. The minimum absolute atomic E-state index is 0.898. The molecule has 0 saturated carbocycles. The van der Waals surface area contributed by atoms with Crippen molar-refractivity contribution in [2.24, 2.45) is 0 Å². The van der Waals surface area contributed by atoms with Gasteiger partial charge in [-0.15, -0.1) is 0 Å². The lowest BCUT2D eigenvalue weighted by Crippen LogP contribution is -1.94. The normalized spacial score (nSPS) is 11.9. The van der Waals surface area contributed by atoms with Crippen LogP contribution in [0.25, 0.3) is 99.2 Å². The van der Waals surface area contributed by atoms with Gasteiger partial charge in [0.25, 0.3) is 0 Å². The van der Waals surface area contributed by atoms with Gasteiger partial charge in [-0.3, -0.25) is 0 Å². The second-order valence-electron chi connectivity index (χ2n) is 13.3. The molecular formula is C48H30N2O. The molecule has 0 atom stereocenters. The van der Waals surface area contributed by atoms with Crippen LogP contribution in [0.1, 0.15) is 0 Å². The third-order valence-corrected chi connectivity index (χ3v) is 10.5. The second kappa shape index (κ2) is 10.8. The summed E-state index contributed by atoms with van der Waals surface area (Å²) in [6.45, 7) is 0. The van der Waals surface area contributed by atoms with Crippen LogP contribution < -0.4 is 0 Å². The zero-order chi connectivity index (χ0) is 33.5. The topological polar surface area (TPSA) is 23.0 Å². The van der Waals surface area contributed by atoms with Gasteiger partial charge in [0, 0.05) is 38.3 Å². The van der Waals surface area contributed by atoms with Gasteiger partial charge in [0.05, 0.1) is 27.5 Å². The third kappa shape index (κ3) is 4.12. The minimum atomic E-state index is 0.898. The monoisotopic (exact) mass is 650 g/mol. The van der Waals surface area contributed by atoms with Gasteiger partial charge < -0.3 is 13.6 Å². The zero-order valence-electron chi connectivity index (χ0n) is 27.6. The molecule has 0 fully saturated rings. The quantitative estimate of drug-likeness (QED) is 0.186. The summed E-state index contributed by atoms with van der Waals surface area (Å²) in [5.41, 5.74) is 13.5. The molecule has 3 heterocycles. The van der Waals surface area contributed by atoms with Gasteiger partial charge >= 0.3 is 0 Å². The standard InChI is InChI=1S/C48H30N2O/c1-3-12-31(13-4-1)33-22-24-35(25-23-33)49-40-20-9-7-18-37(40)45-42(49)28-29-44-47(45)39-26-27-43-46(48(39)51-44)38-19-8-10-21-41(38)50(43)36-17-11-16-34(30-36)32-14-5-2-6-15-32/h1-30H. The molecule has 0 spiro atoms. The molecule has 3 nitrogen and oxygen atoms in total. The summed E-state index contributed by atoms with van der Waals surface area (Å²) in [5.74, 6) is 0. The van der Waals surface area contributed by atoms with E-state index in [1.54, 1.807) is 0 Å². The van der Waals surface area contributed by atoms with Gasteiger partial charge in [-0.05, 0) is 82.9 Å². The Balaban J connectivity index is 1.17. The molecule has 0 radical (unpaired) electrons. The van der Waals surface area contributed by atoms with Crippen molar-refractivity contribution in [2.45, 2.75) is 0 Å². The van der Waals surface area contributed by atoms with E-state index in [4.69, 9.17) is 4.42 Å². The molecule has 0 N–H and O–H groups in total. The molecule has 0 aliphatic heterocycles. The Hall–Kier alpha value is -6.84. The van der Waals surface area contributed by atoms with Crippen molar-refractivity contribution in [3.8, 4) is 33.6 Å². The van der Waals surface area contributed by atoms with E-state index in [2.05, 4.69) is 191 Å². The molecule has 0 aliphatic carbocycles. The van der Waals surface area contributed by atoms with Crippen molar-refractivity contribution < 1.29 is 4.42 Å². The highest BCUT2D eigenvalue weighted by atomic mass is 16.3. The Morgan fingerprint density at radius 3 is 1.59 bits per heavy atom. The van der Waals surface area contributed by atoms with Gasteiger partial charge in [0.15, 0.2) is 0 Å². The van der Waals surface area contributed by atoms with E-state index in [0.29, 0.717) is 0 Å². The number of hydrogen-bond donors (Lipinski definition) is 0. The molecular weight excluding hydrogens is 621 g/mol. The molecule has 0 amide bonds. The van der Waals surface area contributed by atoms with Gasteiger partial charge in [0.2, 0.25) is 0 Å². The van der Waals surface area contributed by atoms with E-state index >= 15 is 0 Å². The molecule has 0 aliphatic rings. The molecule has 3 aromatic heterocycles. The van der Waals surface area contributed by atoms with Crippen LogP contribution >= 0.6 is 0 Å². The van der Waals surface area contributed by atoms with Crippen LogP contribution in [0.4, 0.5) is 0 Å². The molecule has 11 rings (SSSR count). The van der Waals surface area contributed by atoms with Crippen LogP contribution in [-0.4, -0.2) is 9.13 Å². The first-order valence-corrected chi connectivity index (χ1v) is 17.4. The fourth-order valence-electron chi connectivity index (χ4n) is 8.28. The molecule has 238 valence electrons. The lowest BCUT2D eigenvalue weighted by Gasteiger charge is -2.10. The average molecular weight is 651 g/mol. The minimum Gasteiger partial charge on any atom is -0.455 e.